The van der Waals surface area contributed by atoms with Gasteiger partial charge in [0.1, 0.15) is 0 Å². The number of rotatable bonds is 5. The Bertz CT molecular complexity index is 660. The van der Waals surface area contributed by atoms with Gasteiger partial charge in [-0.1, -0.05) is 11.3 Å². The van der Waals surface area contributed by atoms with Crippen LogP contribution < -0.4 is 5.69 Å². The van der Waals surface area contributed by atoms with Crippen molar-refractivity contribution >= 4 is 29.1 Å². The van der Waals surface area contributed by atoms with Crippen LogP contribution in [0.15, 0.2) is 14.3 Å². The van der Waals surface area contributed by atoms with Crippen molar-refractivity contribution in [3.8, 4) is 0 Å². The van der Waals surface area contributed by atoms with Crippen LogP contribution in [0, 0.1) is 0 Å². The first-order chi connectivity index (χ1) is 9.52. The lowest BCUT2D eigenvalue weighted by Crippen LogP contribution is -2.19. The third-order valence-electron chi connectivity index (χ3n) is 2.22. The number of carbonyl (C=O) groups is 1. The summed E-state index contributed by atoms with van der Waals surface area (Å²) in [6.45, 7) is 5.77. The van der Waals surface area contributed by atoms with Gasteiger partial charge in [0.2, 0.25) is 5.01 Å². The number of aromatic amines is 1. The molecule has 2 aromatic rings. The van der Waals surface area contributed by atoms with Crippen LogP contribution in [0.3, 0.4) is 0 Å². The minimum Gasteiger partial charge on any atom is -0.461 e. The first-order valence-corrected chi connectivity index (χ1v) is 7.51. The monoisotopic (exact) mass is 315 g/mol. The van der Waals surface area contributed by atoms with Crippen molar-refractivity contribution in [3.05, 3.63) is 15.5 Å². The third kappa shape index (κ3) is 3.07. The number of hydrogen-bond acceptors (Lipinski definition) is 8. The van der Waals surface area contributed by atoms with Crippen molar-refractivity contribution in [3.63, 3.8) is 0 Å². The van der Waals surface area contributed by atoms with Crippen LogP contribution in [0.1, 0.15) is 36.6 Å². The molecule has 0 fully saturated rings. The number of esters is 1. The van der Waals surface area contributed by atoms with Crippen LogP contribution in [-0.4, -0.2) is 37.5 Å². The van der Waals surface area contributed by atoms with E-state index in [1.165, 1.54) is 16.3 Å². The second kappa shape index (κ2) is 6.18. The van der Waals surface area contributed by atoms with Gasteiger partial charge in [-0.3, -0.25) is 4.57 Å². The molecule has 0 aromatic carbocycles. The molecule has 2 aromatic heterocycles. The molecular formula is C10H13N5O3S2. The van der Waals surface area contributed by atoms with Gasteiger partial charge in [-0.15, -0.1) is 15.3 Å². The van der Waals surface area contributed by atoms with E-state index in [0.717, 1.165) is 11.3 Å². The fourth-order valence-electron chi connectivity index (χ4n) is 1.42. The van der Waals surface area contributed by atoms with E-state index in [9.17, 15) is 9.59 Å². The highest BCUT2D eigenvalue weighted by Gasteiger charge is 2.18. The average Bonchev–Trinajstić information content (AvgIpc) is 2.97. The predicted molar refractivity (Wildman–Crippen MR) is 73.2 cm³/mol. The Morgan fingerprint density at radius 2 is 2.25 bits per heavy atom. The van der Waals surface area contributed by atoms with Gasteiger partial charge in [0, 0.05) is 6.04 Å². The maximum atomic E-state index is 11.6. The molecule has 0 aliphatic rings. The molecular weight excluding hydrogens is 302 g/mol. The molecule has 0 aliphatic heterocycles. The minimum atomic E-state index is -0.500. The van der Waals surface area contributed by atoms with Crippen LogP contribution in [0.2, 0.25) is 0 Å². The second-order valence-electron chi connectivity index (χ2n) is 3.97. The van der Waals surface area contributed by atoms with E-state index in [0.29, 0.717) is 9.50 Å². The number of hydrogen-bond donors (Lipinski definition) is 1. The molecule has 2 heterocycles. The minimum absolute atomic E-state index is 0.0267. The largest absolute Gasteiger partial charge is 0.461 e. The van der Waals surface area contributed by atoms with Crippen LogP contribution >= 0.6 is 23.1 Å². The standard InChI is InChI=1S/C10H13N5O3S2/c1-4-18-7(16)6-11-14-10(19-6)20-9-13-12-8(17)15(9)5(2)3/h5H,4H2,1-3H3,(H,12,17). The molecule has 0 saturated heterocycles. The Labute approximate surface area is 122 Å². The summed E-state index contributed by atoms with van der Waals surface area (Å²) in [5.41, 5.74) is -0.280. The van der Waals surface area contributed by atoms with Crippen LogP contribution in [0.25, 0.3) is 0 Å². The topological polar surface area (TPSA) is 103 Å². The van der Waals surface area contributed by atoms with Gasteiger partial charge in [0.25, 0.3) is 0 Å². The molecule has 0 aliphatic carbocycles. The van der Waals surface area contributed by atoms with E-state index in [2.05, 4.69) is 20.4 Å². The summed E-state index contributed by atoms with van der Waals surface area (Å²) in [7, 11) is 0. The summed E-state index contributed by atoms with van der Waals surface area (Å²) in [4.78, 5) is 23.1. The molecule has 0 radical (unpaired) electrons. The normalized spacial score (nSPS) is 11.0. The van der Waals surface area contributed by atoms with Crippen molar-refractivity contribution in [1.29, 1.82) is 0 Å². The summed E-state index contributed by atoms with van der Waals surface area (Å²) in [5.74, 6) is -0.500. The SMILES string of the molecule is CCOC(=O)c1nnc(Sc2n[nH]c(=O)n2C(C)C)s1. The fraction of sp³-hybridized carbons (Fsp3) is 0.500. The first kappa shape index (κ1) is 14.7. The zero-order chi connectivity index (χ0) is 14.7. The van der Waals surface area contributed by atoms with Crippen molar-refractivity contribution in [2.45, 2.75) is 36.3 Å². The first-order valence-electron chi connectivity index (χ1n) is 5.88. The molecule has 0 bridgehead atoms. The highest BCUT2D eigenvalue weighted by molar-refractivity contribution is 8.00. The van der Waals surface area contributed by atoms with E-state index in [4.69, 9.17) is 4.74 Å². The van der Waals surface area contributed by atoms with E-state index in [1.54, 1.807) is 6.92 Å². The molecule has 108 valence electrons. The van der Waals surface area contributed by atoms with Gasteiger partial charge in [0.05, 0.1) is 6.61 Å². The van der Waals surface area contributed by atoms with E-state index in [-0.39, 0.29) is 23.3 Å². The van der Waals surface area contributed by atoms with Crippen molar-refractivity contribution < 1.29 is 9.53 Å². The highest BCUT2D eigenvalue weighted by Crippen LogP contribution is 2.29. The van der Waals surface area contributed by atoms with Gasteiger partial charge < -0.3 is 4.74 Å². The number of ether oxygens (including phenoxy) is 1. The molecule has 1 N–H and O–H groups in total. The number of nitrogens with one attached hydrogen (secondary N) is 1. The molecule has 0 spiro atoms. The maximum Gasteiger partial charge on any atom is 0.369 e. The summed E-state index contributed by atoms with van der Waals surface area (Å²) >= 11 is 2.28. The van der Waals surface area contributed by atoms with Gasteiger partial charge >= 0.3 is 11.7 Å². The Morgan fingerprint density at radius 1 is 1.50 bits per heavy atom. The summed E-state index contributed by atoms with van der Waals surface area (Å²) in [5, 5.41) is 14.6. The number of H-pyrrole nitrogens is 1. The maximum absolute atomic E-state index is 11.6. The summed E-state index contributed by atoms with van der Waals surface area (Å²) in [6, 6.07) is -0.0267. The molecule has 20 heavy (non-hydrogen) atoms. The molecule has 10 heteroatoms. The van der Waals surface area contributed by atoms with Crippen molar-refractivity contribution in [2.75, 3.05) is 6.61 Å². The number of carbonyl (C=O) groups excluding carboxylic acids is 1. The lowest BCUT2D eigenvalue weighted by atomic mass is 10.4. The number of aromatic nitrogens is 5. The molecule has 8 nitrogen and oxygen atoms in total. The molecule has 0 amide bonds. The third-order valence-corrected chi connectivity index (χ3v) is 4.15. The van der Waals surface area contributed by atoms with E-state index >= 15 is 0 Å². The van der Waals surface area contributed by atoms with Crippen LogP contribution in [-0.2, 0) is 4.74 Å². The van der Waals surface area contributed by atoms with Crippen LogP contribution in [0.4, 0.5) is 0 Å². The fourth-order valence-corrected chi connectivity index (χ4v) is 3.24. The average molecular weight is 315 g/mol. The Kier molecular flexibility index (Phi) is 4.55. The molecule has 0 unspecified atom stereocenters. The Morgan fingerprint density at radius 3 is 2.90 bits per heavy atom. The quantitative estimate of drug-likeness (QED) is 0.830. The van der Waals surface area contributed by atoms with Crippen molar-refractivity contribution in [1.82, 2.24) is 25.0 Å². The van der Waals surface area contributed by atoms with Crippen molar-refractivity contribution in [2.24, 2.45) is 0 Å². The number of nitrogens with zero attached hydrogens (tertiary/aromatic N) is 4. The van der Waals surface area contributed by atoms with Gasteiger partial charge in [-0.25, -0.2) is 14.7 Å². The lowest BCUT2D eigenvalue weighted by Gasteiger charge is -2.06. The van der Waals surface area contributed by atoms with Crippen LogP contribution in [0.5, 0.6) is 0 Å². The van der Waals surface area contributed by atoms with Gasteiger partial charge in [-0.2, -0.15) is 0 Å². The van der Waals surface area contributed by atoms with Gasteiger partial charge in [0.15, 0.2) is 9.50 Å². The highest BCUT2D eigenvalue weighted by atomic mass is 32.2. The molecule has 2 rings (SSSR count). The Balaban J connectivity index is 2.19. The van der Waals surface area contributed by atoms with E-state index < -0.39 is 5.97 Å². The molecule has 0 saturated carbocycles. The predicted octanol–water partition coefficient (Wildman–Crippen LogP) is 1.33. The summed E-state index contributed by atoms with van der Waals surface area (Å²) < 4.78 is 6.87. The Hall–Kier alpha value is -1.68. The van der Waals surface area contributed by atoms with Gasteiger partial charge in [-0.05, 0) is 32.5 Å². The van der Waals surface area contributed by atoms with E-state index in [1.807, 2.05) is 13.8 Å². The zero-order valence-electron chi connectivity index (χ0n) is 11.1. The molecule has 0 atom stereocenters. The zero-order valence-corrected chi connectivity index (χ0v) is 12.7. The smallest absolute Gasteiger partial charge is 0.369 e. The summed E-state index contributed by atoms with van der Waals surface area (Å²) in [6.07, 6.45) is 0. The second-order valence-corrected chi connectivity index (χ2v) is 6.16. The lowest BCUT2D eigenvalue weighted by molar-refractivity contribution is 0.0525.